The summed E-state index contributed by atoms with van der Waals surface area (Å²) >= 11 is 0. The summed E-state index contributed by atoms with van der Waals surface area (Å²) in [6.07, 6.45) is 6.62. The van der Waals surface area contributed by atoms with E-state index >= 15 is 0 Å². The summed E-state index contributed by atoms with van der Waals surface area (Å²) in [5.74, 6) is -0.744. The van der Waals surface area contributed by atoms with E-state index in [1.165, 1.54) is 7.11 Å². The molecule has 0 radical (unpaired) electrons. The standard InChI is InChI=1S/C15H23N5O3/c1-23-14(22)15(6-2-3-7-15)17-13(21)12-10-20(19-18-12)11-4-8-16-9-5-11/h10-11,16H,2-9H2,1H3,(H,17,21). The molecule has 1 aliphatic carbocycles. The Morgan fingerprint density at radius 2 is 2.04 bits per heavy atom. The number of aromatic nitrogens is 3. The number of carbonyl (C=O) groups excluding carboxylic acids is 2. The van der Waals surface area contributed by atoms with Gasteiger partial charge in [0.15, 0.2) is 5.69 Å². The van der Waals surface area contributed by atoms with Crippen LogP contribution in [0.1, 0.15) is 55.1 Å². The van der Waals surface area contributed by atoms with E-state index in [2.05, 4.69) is 20.9 Å². The maximum absolute atomic E-state index is 12.5. The molecule has 1 aromatic rings. The van der Waals surface area contributed by atoms with E-state index in [0.717, 1.165) is 38.8 Å². The van der Waals surface area contributed by atoms with E-state index in [9.17, 15) is 9.59 Å². The van der Waals surface area contributed by atoms with Crippen molar-refractivity contribution in [2.24, 2.45) is 0 Å². The van der Waals surface area contributed by atoms with Gasteiger partial charge in [0.2, 0.25) is 0 Å². The third kappa shape index (κ3) is 3.21. The van der Waals surface area contributed by atoms with Crippen LogP contribution in [0, 0.1) is 0 Å². The minimum atomic E-state index is -0.912. The molecule has 0 spiro atoms. The molecule has 1 aromatic heterocycles. The summed E-state index contributed by atoms with van der Waals surface area (Å²) in [5.41, 5.74) is -0.664. The first-order valence-corrected chi connectivity index (χ1v) is 8.18. The third-order valence-electron chi connectivity index (χ3n) is 4.81. The molecule has 3 rings (SSSR count). The van der Waals surface area contributed by atoms with Crippen LogP contribution < -0.4 is 10.6 Å². The highest BCUT2D eigenvalue weighted by Crippen LogP contribution is 2.31. The Kier molecular flexibility index (Phi) is 4.61. The molecule has 0 aromatic carbocycles. The molecular formula is C15H23N5O3. The molecule has 8 nitrogen and oxygen atoms in total. The number of esters is 1. The number of carbonyl (C=O) groups is 2. The van der Waals surface area contributed by atoms with Gasteiger partial charge in [-0.25, -0.2) is 9.48 Å². The number of nitrogens with one attached hydrogen (secondary N) is 2. The lowest BCUT2D eigenvalue weighted by Gasteiger charge is -2.26. The zero-order valence-corrected chi connectivity index (χ0v) is 13.4. The van der Waals surface area contributed by atoms with Crippen molar-refractivity contribution < 1.29 is 14.3 Å². The Bertz CT molecular complexity index is 573. The van der Waals surface area contributed by atoms with Crippen LogP contribution in [0.3, 0.4) is 0 Å². The van der Waals surface area contributed by atoms with Gasteiger partial charge in [0.25, 0.3) is 5.91 Å². The van der Waals surface area contributed by atoms with Crippen LogP contribution in [0.2, 0.25) is 0 Å². The molecule has 23 heavy (non-hydrogen) atoms. The van der Waals surface area contributed by atoms with E-state index in [1.54, 1.807) is 10.9 Å². The van der Waals surface area contributed by atoms with Crippen LogP contribution in [0.15, 0.2) is 6.20 Å². The number of nitrogens with zero attached hydrogens (tertiary/aromatic N) is 3. The second-order valence-electron chi connectivity index (χ2n) is 6.30. The molecule has 2 fully saturated rings. The molecule has 2 N–H and O–H groups in total. The van der Waals surface area contributed by atoms with Gasteiger partial charge in [-0.15, -0.1) is 5.10 Å². The lowest BCUT2D eigenvalue weighted by atomic mass is 9.97. The average Bonchev–Trinajstić information content (AvgIpc) is 3.25. The fraction of sp³-hybridized carbons (Fsp3) is 0.733. The number of piperidine rings is 1. The number of hydrogen-bond donors (Lipinski definition) is 2. The highest BCUT2D eigenvalue weighted by molar-refractivity contribution is 5.96. The predicted molar refractivity (Wildman–Crippen MR) is 81.8 cm³/mol. The normalized spacial score (nSPS) is 21.1. The lowest BCUT2D eigenvalue weighted by Crippen LogP contribution is -2.53. The molecule has 1 saturated heterocycles. The van der Waals surface area contributed by atoms with Crippen LogP contribution in [0.4, 0.5) is 0 Å². The smallest absolute Gasteiger partial charge is 0.331 e. The zero-order valence-electron chi connectivity index (χ0n) is 13.4. The van der Waals surface area contributed by atoms with Crippen molar-refractivity contribution in [1.82, 2.24) is 25.6 Å². The van der Waals surface area contributed by atoms with Gasteiger partial charge in [-0.2, -0.15) is 0 Å². The van der Waals surface area contributed by atoms with Crippen molar-refractivity contribution in [2.45, 2.75) is 50.1 Å². The lowest BCUT2D eigenvalue weighted by molar-refractivity contribution is -0.148. The van der Waals surface area contributed by atoms with Gasteiger partial charge in [0.1, 0.15) is 5.54 Å². The molecule has 8 heteroatoms. The van der Waals surface area contributed by atoms with Crippen molar-refractivity contribution >= 4 is 11.9 Å². The van der Waals surface area contributed by atoms with Gasteiger partial charge in [0, 0.05) is 0 Å². The summed E-state index contributed by atoms with van der Waals surface area (Å²) in [6, 6.07) is 0.270. The summed E-state index contributed by atoms with van der Waals surface area (Å²) < 4.78 is 6.63. The average molecular weight is 321 g/mol. The van der Waals surface area contributed by atoms with Crippen molar-refractivity contribution in [2.75, 3.05) is 20.2 Å². The highest BCUT2D eigenvalue weighted by atomic mass is 16.5. The van der Waals surface area contributed by atoms with Crippen LogP contribution in [-0.4, -0.2) is 52.6 Å². The first-order valence-electron chi connectivity index (χ1n) is 8.18. The molecule has 2 aliphatic rings. The minimum absolute atomic E-state index is 0.249. The zero-order chi connectivity index (χ0) is 16.3. The quantitative estimate of drug-likeness (QED) is 0.780. The molecule has 126 valence electrons. The van der Waals surface area contributed by atoms with Gasteiger partial charge >= 0.3 is 5.97 Å². The van der Waals surface area contributed by atoms with Gasteiger partial charge in [-0.3, -0.25) is 4.79 Å². The highest BCUT2D eigenvalue weighted by Gasteiger charge is 2.44. The Labute approximate surface area is 134 Å². The SMILES string of the molecule is COC(=O)C1(NC(=O)c2cn(C3CCNCC3)nn2)CCCC1. The minimum Gasteiger partial charge on any atom is -0.467 e. The maximum atomic E-state index is 12.5. The third-order valence-corrected chi connectivity index (χ3v) is 4.81. The second kappa shape index (κ2) is 6.66. The van der Waals surface area contributed by atoms with E-state index in [0.29, 0.717) is 12.8 Å². The topological polar surface area (TPSA) is 98.1 Å². The van der Waals surface area contributed by atoms with E-state index in [-0.39, 0.29) is 23.6 Å². The van der Waals surface area contributed by atoms with E-state index in [4.69, 9.17) is 4.74 Å². The number of hydrogen-bond acceptors (Lipinski definition) is 6. The molecule has 0 bridgehead atoms. The van der Waals surface area contributed by atoms with Crippen molar-refractivity contribution in [3.8, 4) is 0 Å². The molecule has 1 saturated carbocycles. The summed E-state index contributed by atoms with van der Waals surface area (Å²) in [4.78, 5) is 24.5. The largest absolute Gasteiger partial charge is 0.467 e. The number of amides is 1. The first-order chi connectivity index (χ1) is 11.1. The molecule has 2 heterocycles. The van der Waals surface area contributed by atoms with E-state index in [1.807, 2.05) is 0 Å². The Morgan fingerprint density at radius 3 is 2.70 bits per heavy atom. The molecule has 0 unspecified atom stereocenters. The monoisotopic (exact) mass is 321 g/mol. The summed E-state index contributed by atoms with van der Waals surface area (Å²) in [5, 5.41) is 14.2. The fourth-order valence-corrected chi connectivity index (χ4v) is 3.47. The van der Waals surface area contributed by atoms with Crippen molar-refractivity contribution in [3.63, 3.8) is 0 Å². The van der Waals surface area contributed by atoms with Gasteiger partial charge < -0.3 is 15.4 Å². The Morgan fingerprint density at radius 1 is 1.35 bits per heavy atom. The Hall–Kier alpha value is -1.96. The fourth-order valence-electron chi connectivity index (χ4n) is 3.47. The van der Waals surface area contributed by atoms with Crippen LogP contribution in [0.5, 0.6) is 0 Å². The molecule has 0 atom stereocenters. The number of methoxy groups -OCH3 is 1. The predicted octanol–water partition coefficient (Wildman–Crippen LogP) is 0.418. The molecular weight excluding hydrogens is 298 g/mol. The van der Waals surface area contributed by atoms with Gasteiger partial charge in [-0.05, 0) is 38.8 Å². The maximum Gasteiger partial charge on any atom is 0.331 e. The summed E-state index contributed by atoms with van der Waals surface area (Å²) in [7, 11) is 1.35. The number of ether oxygens (including phenoxy) is 1. The molecule has 1 amide bonds. The number of rotatable bonds is 4. The first kappa shape index (κ1) is 15.9. The Balaban J connectivity index is 1.70. The van der Waals surface area contributed by atoms with Crippen LogP contribution in [-0.2, 0) is 9.53 Å². The van der Waals surface area contributed by atoms with Gasteiger partial charge in [-0.1, -0.05) is 18.1 Å². The van der Waals surface area contributed by atoms with Crippen molar-refractivity contribution in [1.29, 1.82) is 0 Å². The van der Waals surface area contributed by atoms with Gasteiger partial charge in [0.05, 0.1) is 19.3 Å². The second-order valence-corrected chi connectivity index (χ2v) is 6.30. The van der Waals surface area contributed by atoms with Crippen LogP contribution >= 0.6 is 0 Å². The van der Waals surface area contributed by atoms with E-state index < -0.39 is 5.54 Å². The van der Waals surface area contributed by atoms with Crippen molar-refractivity contribution in [3.05, 3.63) is 11.9 Å². The molecule has 1 aliphatic heterocycles. The van der Waals surface area contributed by atoms with Crippen LogP contribution in [0.25, 0.3) is 0 Å². The summed E-state index contributed by atoms with van der Waals surface area (Å²) in [6.45, 7) is 1.88.